The molecule has 1 aromatic carbocycles. The molecular formula is C20H17ClN4O3. The Balaban J connectivity index is 1.82. The van der Waals surface area contributed by atoms with E-state index < -0.39 is 17.6 Å². The highest BCUT2D eigenvalue weighted by atomic mass is 35.5. The Morgan fingerprint density at radius 2 is 2.00 bits per heavy atom. The van der Waals surface area contributed by atoms with Crippen molar-refractivity contribution in [2.75, 3.05) is 0 Å². The molecule has 7 nitrogen and oxygen atoms in total. The number of hydrogen-bond donors (Lipinski definition) is 2. The van der Waals surface area contributed by atoms with Crippen molar-refractivity contribution in [3.8, 4) is 16.9 Å². The molecule has 0 spiro atoms. The second-order valence-electron chi connectivity index (χ2n) is 6.60. The maximum atomic E-state index is 12.9. The Kier molecular flexibility index (Phi) is 4.93. The Morgan fingerprint density at radius 1 is 1.21 bits per heavy atom. The molecule has 1 fully saturated rings. The Morgan fingerprint density at radius 3 is 2.61 bits per heavy atom. The van der Waals surface area contributed by atoms with E-state index in [9.17, 15) is 14.7 Å². The molecule has 8 heteroatoms. The van der Waals surface area contributed by atoms with E-state index in [-0.39, 0.29) is 11.6 Å². The first-order valence-electron chi connectivity index (χ1n) is 8.82. The molecule has 28 heavy (non-hydrogen) atoms. The molecule has 1 amide bonds. The number of nitrogens with one attached hydrogen (secondary N) is 1. The van der Waals surface area contributed by atoms with E-state index in [2.05, 4.69) is 15.4 Å². The van der Waals surface area contributed by atoms with Crippen molar-refractivity contribution in [2.45, 2.75) is 25.0 Å². The van der Waals surface area contributed by atoms with Crippen LogP contribution in [0.3, 0.4) is 0 Å². The van der Waals surface area contributed by atoms with Crippen molar-refractivity contribution >= 4 is 17.5 Å². The molecule has 1 aliphatic carbocycles. The fourth-order valence-electron chi connectivity index (χ4n) is 2.97. The van der Waals surface area contributed by atoms with Crippen LogP contribution in [0.25, 0.3) is 16.9 Å². The molecule has 3 aromatic rings. The van der Waals surface area contributed by atoms with Gasteiger partial charge in [0, 0.05) is 16.8 Å². The fraction of sp³-hybridized carbons (Fsp3) is 0.200. The third-order valence-corrected chi connectivity index (χ3v) is 4.99. The van der Waals surface area contributed by atoms with Gasteiger partial charge in [-0.25, -0.2) is 0 Å². The van der Waals surface area contributed by atoms with Crippen molar-refractivity contribution in [3.05, 3.63) is 75.8 Å². The van der Waals surface area contributed by atoms with Crippen LogP contribution in [-0.4, -0.2) is 37.9 Å². The van der Waals surface area contributed by atoms with Gasteiger partial charge < -0.3 is 10.4 Å². The van der Waals surface area contributed by atoms with Gasteiger partial charge in [0.2, 0.25) is 0 Å². The number of aromatic nitrogens is 3. The van der Waals surface area contributed by atoms with Crippen molar-refractivity contribution < 1.29 is 9.90 Å². The predicted molar refractivity (Wildman–Crippen MR) is 105 cm³/mol. The number of carbonyl (C=O) groups is 1. The zero-order chi connectivity index (χ0) is 19.7. The smallest absolute Gasteiger partial charge is 0.284 e. The molecule has 1 saturated carbocycles. The first-order chi connectivity index (χ1) is 13.5. The fourth-order valence-corrected chi connectivity index (χ4v) is 3.10. The van der Waals surface area contributed by atoms with Gasteiger partial charge in [-0.15, -0.1) is 0 Å². The van der Waals surface area contributed by atoms with E-state index in [0.717, 1.165) is 4.68 Å². The predicted octanol–water partition coefficient (Wildman–Crippen LogP) is 2.20. The van der Waals surface area contributed by atoms with Crippen molar-refractivity contribution in [1.29, 1.82) is 0 Å². The van der Waals surface area contributed by atoms with Crippen molar-refractivity contribution in [1.82, 2.24) is 20.1 Å². The van der Waals surface area contributed by atoms with E-state index in [4.69, 9.17) is 11.6 Å². The van der Waals surface area contributed by atoms with Gasteiger partial charge in [0.05, 0.1) is 29.7 Å². The average Bonchev–Trinajstić information content (AvgIpc) is 2.72. The molecule has 1 aliphatic rings. The van der Waals surface area contributed by atoms with Crippen molar-refractivity contribution in [2.24, 2.45) is 0 Å². The topological polar surface area (TPSA) is 97.1 Å². The zero-order valence-electron chi connectivity index (χ0n) is 14.7. The normalized spacial score (nSPS) is 18.4. The summed E-state index contributed by atoms with van der Waals surface area (Å²) in [6, 6.07) is 11.4. The molecule has 4 rings (SSSR count). The highest BCUT2D eigenvalue weighted by Crippen LogP contribution is 2.22. The number of pyridine rings is 1. The Bertz CT molecular complexity index is 1070. The number of aliphatic hydroxyl groups is 1. The van der Waals surface area contributed by atoms with Crippen LogP contribution >= 0.6 is 11.6 Å². The van der Waals surface area contributed by atoms with E-state index in [1.165, 1.54) is 12.3 Å². The van der Waals surface area contributed by atoms with Gasteiger partial charge in [-0.05, 0) is 43.2 Å². The summed E-state index contributed by atoms with van der Waals surface area (Å²) in [5, 5.41) is 17.4. The van der Waals surface area contributed by atoms with E-state index in [0.29, 0.717) is 34.8 Å². The molecule has 0 saturated heterocycles. The van der Waals surface area contributed by atoms with Crippen LogP contribution in [0, 0.1) is 0 Å². The SMILES string of the molecule is O=C(N[C@@H]1CC[C@@H]1O)c1cc(-c2ccc(Cl)cc2)nn(-c2cccnc2)c1=O. The first-order valence-corrected chi connectivity index (χ1v) is 9.20. The summed E-state index contributed by atoms with van der Waals surface area (Å²) in [6.45, 7) is 0. The number of amides is 1. The second-order valence-corrected chi connectivity index (χ2v) is 7.04. The highest BCUT2D eigenvalue weighted by Gasteiger charge is 2.31. The van der Waals surface area contributed by atoms with E-state index in [1.807, 2.05) is 0 Å². The summed E-state index contributed by atoms with van der Waals surface area (Å²) in [5.41, 5.74) is 0.986. The average molecular weight is 397 g/mol. The summed E-state index contributed by atoms with van der Waals surface area (Å²) in [4.78, 5) is 29.7. The largest absolute Gasteiger partial charge is 0.391 e. The van der Waals surface area contributed by atoms with Crippen LogP contribution in [0.4, 0.5) is 0 Å². The maximum absolute atomic E-state index is 12.9. The molecule has 0 bridgehead atoms. The third kappa shape index (κ3) is 3.54. The quantitative estimate of drug-likeness (QED) is 0.704. The second kappa shape index (κ2) is 7.53. The van der Waals surface area contributed by atoms with Crippen LogP contribution in [-0.2, 0) is 0 Å². The van der Waals surface area contributed by atoms with Crippen LogP contribution < -0.4 is 10.9 Å². The van der Waals surface area contributed by atoms with E-state index in [1.54, 1.807) is 42.6 Å². The molecule has 142 valence electrons. The summed E-state index contributed by atoms with van der Waals surface area (Å²) in [6.07, 6.45) is 3.82. The zero-order valence-corrected chi connectivity index (χ0v) is 15.5. The van der Waals surface area contributed by atoms with Gasteiger partial charge in [-0.2, -0.15) is 9.78 Å². The summed E-state index contributed by atoms with van der Waals surface area (Å²) in [7, 11) is 0. The lowest BCUT2D eigenvalue weighted by Gasteiger charge is -2.32. The lowest BCUT2D eigenvalue weighted by molar-refractivity contribution is 0.0447. The molecule has 2 aromatic heterocycles. The van der Waals surface area contributed by atoms with Crippen molar-refractivity contribution in [3.63, 3.8) is 0 Å². The number of benzene rings is 1. The number of aliphatic hydroxyl groups excluding tert-OH is 1. The minimum Gasteiger partial charge on any atom is -0.391 e. The molecule has 0 unspecified atom stereocenters. The van der Waals surface area contributed by atoms with Gasteiger partial charge in [0.25, 0.3) is 11.5 Å². The summed E-state index contributed by atoms with van der Waals surface area (Å²) < 4.78 is 1.16. The van der Waals surface area contributed by atoms with Crippen LogP contribution in [0.5, 0.6) is 0 Å². The maximum Gasteiger partial charge on any atom is 0.284 e. The third-order valence-electron chi connectivity index (χ3n) is 4.74. The van der Waals surface area contributed by atoms with Gasteiger partial charge in [0.15, 0.2) is 0 Å². The van der Waals surface area contributed by atoms with Gasteiger partial charge in [-0.3, -0.25) is 14.6 Å². The van der Waals surface area contributed by atoms with Gasteiger partial charge >= 0.3 is 0 Å². The Labute approximate surface area is 165 Å². The van der Waals surface area contributed by atoms with Crippen LogP contribution in [0.15, 0.2) is 59.7 Å². The first kappa shape index (κ1) is 18.3. The number of nitrogens with zero attached hydrogens (tertiary/aromatic N) is 3. The number of rotatable bonds is 4. The number of halogens is 1. The van der Waals surface area contributed by atoms with Crippen LogP contribution in [0.1, 0.15) is 23.2 Å². The molecule has 2 atom stereocenters. The molecule has 0 radical (unpaired) electrons. The molecule has 2 N–H and O–H groups in total. The van der Waals surface area contributed by atoms with Crippen LogP contribution in [0.2, 0.25) is 5.02 Å². The highest BCUT2D eigenvalue weighted by molar-refractivity contribution is 6.30. The lowest BCUT2D eigenvalue weighted by atomic mass is 9.89. The Hall–Kier alpha value is -3.03. The molecule has 0 aliphatic heterocycles. The monoisotopic (exact) mass is 396 g/mol. The standard InChI is InChI=1S/C20H17ClN4O3/c21-13-5-3-12(4-6-13)17-10-15(19(27)23-16-7-8-18(16)26)20(28)25(24-17)14-2-1-9-22-11-14/h1-6,9-11,16,18,26H,7-8H2,(H,23,27)/t16-,18+/m1/s1. The minimum atomic E-state index is -0.581. The molecular weight excluding hydrogens is 380 g/mol. The van der Waals surface area contributed by atoms with Gasteiger partial charge in [-0.1, -0.05) is 23.7 Å². The minimum absolute atomic E-state index is 0.0529. The number of carbonyl (C=O) groups excluding carboxylic acids is 1. The summed E-state index contributed by atoms with van der Waals surface area (Å²) in [5.74, 6) is -0.538. The van der Waals surface area contributed by atoms with Gasteiger partial charge in [0.1, 0.15) is 5.56 Å². The molecule has 2 heterocycles. The number of hydrogen-bond acceptors (Lipinski definition) is 5. The summed E-state index contributed by atoms with van der Waals surface area (Å²) >= 11 is 5.95. The van der Waals surface area contributed by atoms with E-state index >= 15 is 0 Å². The lowest BCUT2D eigenvalue weighted by Crippen LogP contribution is -2.51.